The Balaban J connectivity index is 1.69. The number of fused-ring (bicyclic) bond motifs is 1. The number of aryl methyl sites for hydroxylation is 1. The lowest BCUT2D eigenvalue weighted by Gasteiger charge is -2.30. The Hall–Kier alpha value is -2.86. The van der Waals surface area contributed by atoms with Gasteiger partial charge in [0.1, 0.15) is 18.0 Å². The number of hydrogen-bond acceptors (Lipinski definition) is 5. The first-order chi connectivity index (χ1) is 12.0. The Morgan fingerprint density at radius 2 is 2.04 bits per heavy atom. The molecule has 2 heterocycles. The van der Waals surface area contributed by atoms with Crippen molar-refractivity contribution in [3.05, 3.63) is 54.1 Å². The van der Waals surface area contributed by atoms with E-state index in [0.29, 0.717) is 19.0 Å². The average Bonchev–Trinajstić information content (AvgIpc) is 2.91. The van der Waals surface area contributed by atoms with Gasteiger partial charge < -0.3 is 15.8 Å². The first-order valence-electron chi connectivity index (χ1n) is 8.26. The molecule has 0 unspecified atom stereocenters. The van der Waals surface area contributed by atoms with Crippen molar-refractivity contribution < 1.29 is 4.74 Å². The van der Waals surface area contributed by atoms with E-state index < -0.39 is 5.54 Å². The predicted molar refractivity (Wildman–Crippen MR) is 100 cm³/mol. The minimum atomic E-state index is -0.466. The molecule has 0 aliphatic carbocycles. The number of aromatic nitrogens is 2. The van der Waals surface area contributed by atoms with E-state index in [4.69, 9.17) is 10.5 Å². The lowest BCUT2D eigenvalue weighted by atomic mass is 9.92. The van der Waals surface area contributed by atoms with Crippen LogP contribution in [-0.4, -0.2) is 28.8 Å². The van der Waals surface area contributed by atoms with E-state index in [0.717, 1.165) is 28.0 Å². The van der Waals surface area contributed by atoms with Crippen molar-refractivity contribution >= 4 is 28.2 Å². The summed E-state index contributed by atoms with van der Waals surface area (Å²) in [7, 11) is 1.95. The standard InChI is InChI=1S/C19H21N5O/c1-19(12-25-11-17(20)22-19)13-6-5-7-14(10-13)21-18-15-8-3-4-9-16(15)24(2)23-18/h3-10H,11-12H2,1-2H3,(H2,20,22)(H,21,23)/t19-/m0/s1. The molecular formula is C19H21N5O. The minimum absolute atomic E-state index is 0.396. The van der Waals surface area contributed by atoms with Crippen LogP contribution in [0.25, 0.3) is 10.9 Å². The lowest BCUT2D eigenvalue weighted by Crippen LogP contribution is -2.37. The molecule has 4 rings (SSSR count). The zero-order valence-corrected chi connectivity index (χ0v) is 14.4. The van der Waals surface area contributed by atoms with Crippen molar-refractivity contribution in [2.45, 2.75) is 12.5 Å². The van der Waals surface area contributed by atoms with Gasteiger partial charge in [0, 0.05) is 18.1 Å². The molecule has 1 atom stereocenters. The number of nitrogens with zero attached hydrogens (tertiary/aromatic N) is 3. The fraction of sp³-hybridized carbons (Fsp3) is 0.263. The predicted octanol–water partition coefficient (Wildman–Crippen LogP) is 2.92. The van der Waals surface area contributed by atoms with Gasteiger partial charge in [-0.05, 0) is 36.8 Å². The van der Waals surface area contributed by atoms with Crippen LogP contribution < -0.4 is 11.1 Å². The first-order valence-corrected chi connectivity index (χ1v) is 8.26. The quantitative estimate of drug-likeness (QED) is 0.771. The number of amidine groups is 1. The highest BCUT2D eigenvalue weighted by Crippen LogP contribution is 2.31. The summed E-state index contributed by atoms with van der Waals surface area (Å²) < 4.78 is 7.46. The summed E-state index contributed by atoms with van der Waals surface area (Å²) in [5.41, 5.74) is 8.51. The third kappa shape index (κ3) is 2.85. The van der Waals surface area contributed by atoms with E-state index in [9.17, 15) is 0 Å². The molecule has 3 N–H and O–H groups in total. The maximum atomic E-state index is 5.87. The Morgan fingerprint density at radius 3 is 2.88 bits per heavy atom. The number of hydrogen-bond donors (Lipinski definition) is 2. The van der Waals surface area contributed by atoms with Gasteiger partial charge in [0.15, 0.2) is 5.82 Å². The molecule has 1 aliphatic rings. The van der Waals surface area contributed by atoms with Crippen molar-refractivity contribution in [1.29, 1.82) is 0 Å². The second-order valence-electron chi connectivity index (χ2n) is 6.56. The van der Waals surface area contributed by atoms with E-state index in [2.05, 4.69) is 33.6 Å². The highest BCUT2D eigenvalue weighted by Gasteiger charge is 2.30. The van der Waals surface area contributed by atoms with Crippen molar-refractivity contribution in [1.82, 2.24) is 9.78 Å². The molecule has 0 spiro atoms. The number of nitrogens with two attached hydrogens (primary N) is 1. The van der Waals surface area contributed by atoms with Crippen LogP contribution in [0.15, 0.2) is 53.5 Å². The topological polar surface area (TPSA) is 77.5 Å². The number of anilines is 2. The number of rotatable bonds is 3. The van der Waals surface area contributed by atoms with Gasteiger partial charge >= 0.3 is 0 Å². The molecule has 2 aromatic carbocycles. The summed E-state index contributed by atoms with van der Waals surface area (Å²) >= 11 is 0. The first kappa shape index (κ1) is 15.7. The zero-order valence-electron chi connectivity index (χ0n) is 14.4. The summed E-state index contributed by atoms with van der Waals surface area (Å²) in [6.07, 6.45) is 0. The minimum Gasteiger partial charge on any atom is -0.386 e. The molecule has 128 valence electrons. The van der Waals surface area contributed by atoms with Crippen LogP contribution in [0, 0.1) is 0 Å². The molecule has 0 bridgehead atoms. The maximum absolute atomic E-state index is 5.87. The lowest BCUT2D eigenvalue weighted by molar-refractivity contribution is 0.106. The van der Waals surface area contributed by atoms with Crippen molar-refractivity contribution in [2.24, 2.45) is 17.8 Å². The van der Waals surface area contributed by atoms with Gasteiger partial charge in [0.05, 0.1) is 12.1 Å². The van der Waals surface area contributed by atoms with Crippen LogP contribution in [0.4, 0.5) is 11.5 Å². The molecule has 6 nitrogen and oxygen atoms in total. The zero-order chi connectivity index (χ0) is 17.4. The van der Waals surface area contributed by atoms with Crippen LogP contribution in [0.5, 0.6) is 0 Å². The number of para-hydroxylation sites is 1. The Labute approximate surface area is 146 Å². The second kappa shape index (κ2) is 5.89. The van der Waals surface area contributed by atoms with Crippen LogP contribution in [0.1, 0.15) is 12.5 Å². The Bertz CT molecular complexity index is 961. The molecule has 0 saturated heterocycles. The van der Waals surface area contributed by atoms with E-state index in [1.54, 1.807) is 0 Å². The van der Waals surface area contributed by atoms with E-state index >= 15 is 0 Å². The second-order valence-corrected chi connectivity index (χ2v) is 6.56. The smallest absolute Gasteiger partial charge is 0.160 e. The highest BCUT2D eigenvalue weighted by molar-refractivity contribution is 5.91. The summed E-state index contributed by atoms with van der Waals surface area (Å²) in [4.78, 5) is 4.61. The molecule has 0 fully saturated rings. The number of aliphatic imine (C=N–C) groups is 1. The van der Waals surface area contributed by atoms with Crippen LogP contribution in [-0.2, 0) is 17.3 Å². The average molecular weight is 335 g/mol. The Morgan fingerprint density at radius 1 is 1.20 bits per heavy atom. The molecule has 1 aliphatic heterocycles. The van der Waals surface area contributed by atoms with Gasteiger partial charge in [-0.1, -0.05) is 24.3 Å². The summed E-state index contributed by atoms with van der Waals surface area (Å²) in [5.74, 6) is 1.37. The number of nitrogens with one attached hydrogen (secondary N) is 1. The fourth-order valence-electron chi connectivity index (χ4n) is 3.26. The van der Waals surface area contributed by atoms with Crippen LogP contribution in [0.3, 0.4) is 0 Å². The van der Waals surface area contributed by atoms with E-state index in [1.807, 2.05) is 49.0 Å². The van der Waals surface area contributed by atoms with Crippen molar-refractivity contribution in [3.8, 4) is 0 Å². The van der Waals surface area contributed by atoms with Gasteiger partial charge in [-0.2, -0.15) is 5.10 Å². The van der Waals surface area contributed by atoms with Crippen molar-refractivity contribution in [2.75, 3.05) is 18.5 Å². The van der Waals surface area contributed by atoms with Gasteiger partial charge in [-0.25, -0.2) is 0 Å². The largest absolute Gasteiger partial charge is 0.386 e. The van der Waals surface area contributed by atoms with Crippen molar-refractivity contribution in [3.63, 3.8) is 0 Å². The molecule has 0 radical (unpaired) electrons. The molecule has 0 saturated carbocycles. The molecule has 3 aromatic rings. The third-order valence-corrected chi connectivity index (χ3v) is 4.53. The molecule has 0 amide bonds. The fourth-order valence-corrected chi connectivity index (χ4v) is 3.26. The number of benzene rings is 2. The van der Waals surface area contributed by atoms with Crippen LogP contribution in [0.2, 0.25) is 0 Å². The number of ether oxygens (including phenoxy) is 1. The third-order valence-electron chi connectivity index (χ3n) is 4.53. The molecule has 1 aromatic heterocycles. The maximum Gasteiger partial charge on any atom is 0.160 e. The monoisotopic (exact) mass is 335 g/mol. The summed E-state index contributed by atoms with van der Waals surface area (Å²) in [5, 5.41) is 9.10. The van der Waals surface area contributed by atoms with Crippen LogP contribution >= 0.6 is 0 Å². The molecule has 6 heteroatoms. The van der Waals surface area contributed by atoms with E-state index in [-0.39, 0.29) is 0 Å². The van der Waals surface area contributed by atoms with Gasteiger partial charge in [0.25, 0.3) is 0 Å². The molecular weight excluding hydrogens is 314 g/mol. The normalized spacial score (nSPS) is 20.5. The highest BCUT2D eigenvalue weighted by atomic mass is 16.5. The SMILES string of the molecule is Cn1nc(Nc2cccc([C@]3(C)COCC(N)=N3)c2)c2ccccc21. The van der Waals surface area contributed by atoms with E-state index in [1.165, 1.54) is 0 Å². The van der Waals surface area contributed by atoms with Gasteiger partial charge in [-0.3, -0.25) is 9.67 Å². The van der Waals surface area contributed by atoms with Gasteiger partial charge in [0.2, 0.25) is 0 Å². The van der Waals surface area contributed by atoms with Gasteiger partial charge in [-0.15, -0.1) is 0 Å². The summed E-state index contributed by atoms with van der Waals surface area (Å²) in [6.45, 7) is 2.95. The Kier molecular flexibility index (Phi) is 3.69. The molecule has 25 heavy (non-hydrogen) atoms. The summed E-state index contributed by atoms with van der Waals surface area (Å²) in [6, 6.07) is 16.3.